The number of amides is 2. The zero-order valence-corrected chi connectivity index (χ0v) is 32.9. The number of nitrogens with zero attached hydrogens (tertiary/aromatic N) is 5. The highest BCUT2D eigenvalue weighted by Crippen LogP contribution is 2.34. The van der Waals surface area contributed by atoms with Gasteiger partial charge in [-0.3, -0.25) is 14.3 Å². The van der Waals surface area contributed by atoms with Crippen LogP contribution in [0.3, 0.4) is 0 Å². The number of rotatable bonds is 15. The average Bonchev–Trinajstić information content (AvgIpc) is 3.64. The molecule has 12 heteroatoms. The largest absolute Gasteiger partial charge is 0.358 e. The fraction of sp³-hybridized carbons (Fsp3) is 0.350. The summed E-state index contributed by atoms with van der Waals surface area (Å²) in [6, 6.07) is 22.5. The molecule has 0 aliphatic carbocycles. The molecule has 0 unspecified atom stereocenters. The third kappa shape index (κ3) is 10.1. The van der Waals surface area contributed by atoms with Gasteiger partial charge >= 0.3 is 0 Å². The SMILES string of the molecule is Cc1nn(COCCS(C)(C)C)c(C)c1-c1ccc(NC(=O)[C@H](Cc2cc(-c3cccc(CN(C)C)c3)ccc2Cl)NC(=O)c2ccnn2C)cc1. The van der Waals surface area contributed by atoms with Crippen LogP contribution in [0.25, 0.3) is 22.3 Å². The van der Waals surface area contributed by atoms with E-state index >= 15 is 0 Å². The van der Waals surface area contributed by atoms with Crippen LogP contribution in [0.1, 0.15) is 33.0 Å². The number of ether oxygens (including phenoxy) is 1. The molecule has 10 nitrogen and oxygen atoms in total. The maximum absolute atomic E-state index is 14.0. The number of benzene rings is 3. The van der Waals surface area contributed by atoms with E-state index in [-0.39, 0.29) is 12.3 Å². The predicted molar refractivity (Wildman–Crippen MR) is 214 cm³/mol. The minimum atomic E-state index is -0.933. The molecule has 5 rings (SSSR count). The Labute approximate surface area is 313 Å². The Morgan fingerprint density at radius 2 is 1.67 bits per heavy atom. The number of nitrogens with one attached hydrogen (secondary N) is 2. The van der Waals surface area contributed by atoms with Crippen LogP contribution in [0.2, 0.25) is 5.02 Å². The molecule has 0 aliphatic rings. The van der Waals surface area contributed by atoms with E-state index in [1.165, 1.54) is 10.2 Å². The molecule has 2 aromatic heterocycles. The first-order valence-corrected chi connectivity index (χ1v) is 20.6. The number of carbonyl (C=O) groups excluding carboxylic acids is 2. The van der Waals surface area contributed by atoms with Crippen molar-refractivity contribution < 1.29 is 14.3 Å². The summed E-state index contributed by atoms with van der Waals surface area (Å²) in [4.78, 5) is 29.4. The van der Waals surface area contributed by atoms with Gasteiger partial charge in [-0.15, -0.1) is 0 Å². The van der Waals surface area contributed by atoms with E-state index in [2.05, 4.69) is 57.6 Å². The zero-order chi connectivity index (χ0) is 37.6. The van der Waals surface area contributed by atoms with E-state index in [0.29, 0.717) is 29.7 Å². The topological polar surface area (TPSA) is 106 Å². The lowest BCUT2D eigenvalue weighted by molar-refractivity contribution is -0.118. The molecule has 3 aromatic carbocycles. The molecule has 0 bridgehead atoms. The molecule has 0 spiro atoms. The van der Waals surface area contributed by atoms with E-state index in [4.69, 9.17) is 21.4 Å². The summed E-state index contributed by atoms with van der Waals surface area (Å²) >= 11 is 6.73. The van der Waals surface area contributed by atoms with E-state index in [9.17, 15) is 9.59 Å². The fourth-order valence-corrected chi connectivity index (χ4v) is 6.85. The number of anilines is 1. The van der Waals surface area contributed by atoms with E-state index in [1.54, 1.807) is 19.3 Å². The molecule has 0 fully saturated rings. The Bertz CT molecular complexity index is 2010. The maximum Gasteiger partial charge on any atom is 0.270 e. The van der Waals surface area contributed by atoms with Gasteiger partial charge in [-0.1, -0.05) is 48.0 Å². The second-order valence-corrected chi connectivity index (χ2v) is 19.3. The molecule has 2 amide bonds. The molecular weight excluding hydrogens is 694 g/mol. The average molecular weight is 744 g/mol. The van der Waals surface area contributed by atoms with Crippen molar-refractivity contribution >= 4 is 39.1 Å². The lowest BCUT2D eigenvalue weighted by Gasteiger charge is -2.24. The van der Waals surface area contributed by atoms with Gasteiger partial charge in [-0.2, -0.15) is 10.2 Å². The molecule has 1 atom stereocenters. The first-order chi connectivity index (χ1) is 24.7. The number of hydrogen-bond donors (Lipinski definition) is 2. The van der Waals surface area contributed by atoms with Crippen molar-refractivity contribution in [1.82, 2.24) is 29.8 Å². The molecule has 5 aromatic rings. The Balaban J connectivity index is 1.35. The quantitative estimate of drug-likeness (QED) is 0.113. The second-order valence-electron chi connectivity index (χ2n) is 14.3. The van der Waals surface area contributed by atoms with Gasteiger partial charge in [0.25, 0.3) is 5.91 Å². The van der Waals surface area contributed by atoms with Crippen LogP contribution in [-0.4, -0.2) is 87.5 Å². The van der Waals surface area contributed by atoms with Crippen LogP contribution in [-0.2, 0) is 36.3 Å². The number of hydrogen-bond acceptors (Lipinski definition) is 6. The first-order valence-electron chi connectivity index (χ1n) is 17.2. The molecule has 0 saturated heterocycles. The van der Waals surface area contributed by atoms with Crippen molar-refractivity contribution in [2.24, 2.45) is 7.05 Å². The molecule has 276 valence electrons. The lowest BCUT2D eigenvalue weighted by Crippen LogP contribution is -2.45. The summed E-state index contributed by atoms with van der Waals surface area (Å²) in [5.41, 5.74) is 8.81. The molecule has 0 aliphatic heterocycles. The summed E-state index contributed by atoms with van der Waals surface area (Å²) in [7, 11) is 5.14. The highest BCUT2D eigenvalue weighted by atomic mass is 35.5. The highest BCUT2D eigenvalue weighted by Gasteiger charge is 2.25. The summed E-state index contributed by atoms with van der Waals surface area (Å²) in [5.74, 6) is 0.267. The van der Waals surface area contributed by atoms with E-state index in [1.807, 2.05) is 81.2 Å². The molecule has 0 saturated carbocycles. The van der Waals surface area contributed by atoms with E-state index < -0.39 is 22.0 Å². The van der Waals surface area contributed by atoms with Crippen molar-refractivity contribution in [3.8, 4) is 22.3 Å². The Morgan fingerprint density at radius 1 is 0.962 bits per heavy atom. The minimum Gasteiger partial charge on any atom is -0.358 e. The van der Waals surface area contributed by atoms with Crippen LogP contribution >= 0.6 is 21.6 Å². The van der Waals surface area contributed by atoms with Gasteiger partial charge in [0, 0.05) is 53.9 Å². The van der Waals surface area contributed by atoms with Crippen molar-refractivity contribution in [3.05, 3.63) is 112 Å². The maximum atomic E-state index is 14.0. The van der Waals surface area contributed by atoms with Gasteiger partial charge in [-0.25, -0.2) is 14.7 Å². The van der Waals surface area contributed by atoms with Gasteiger partial charge in [0.05, 0.1) is 12.3 Å². The Kier molecular flexibility index (Phi) is 12.6. The van der Waals surface area contributed by atoms with Crippen LogP contribution < -0.4 is 10.6 Å². The van der Waals surface area contributed by atoms with Crippen molar-refractivity contribution in [2.75, 3.05) is 50.5 Å². The Hall–Kier alpha value is -4.42. The van der Waals surface area contributed by atoms with Crippen LogP contribution in [0.15, 0.2) is 79.0 Å². The Morgan fingerprint density at radius 3 is 2.35 bits per heavy atom. The standard InChI is InChI=1S/C40H50ClN7O3S/c1-27-38(28(2)48(45-27)26-51-20-21-52(6,7)8)30-12-15-34(16-13-30)43-39(49)36(44-40(50)37-18-19-42-47(37)5)24-33-23-32(14-17-35(33)41)31-11-9-10-29(22-31)25-46(3)4/h9-19,22-23,36H,20-21,24-26H2,1-8H3,(H,43,49)(H,44,50)/t36-/m0/s1. The van der Waals surface area contributed by atoms with E-state index in [0.717, 1.165) is 51.5 Å². The normalized spacial score (nSPS) is 12.6. The summed E-state index contributed by atoms with van der Waals surface area (Å²) < 4.78 is 9.32. The molecule has 52 heavy (non-hydrogen) atoms. The zero-order valence-electron chi connectivity index (χ0n) is 31.4. The van der Waals surface area contributed by atoms with Gasteiger partial charge in [0.1, 0.15) is 18.5 Å². The van der Waals surface area contributed by atoms with Crippen molar-refractivity contribution in [1.29, 1.82) is 0 Å². The highest BCUT2D eigenvalue weighted by molar-refractivity contribution is 8.32. The lowest BCUT2D eigenvalue weighted by atomic mass is 9.97. The third-order valence-electron chi connectivity index (χ3n) is 8.78. The third-order valence-corrected chi connectivity index (χ3v) is 10.5. The van der Waals surface area contributed by atoms with Crippen LogP contribution in [0, 0.1) is 13.8 Å². The van der Waals surface area contributed by atoms with Crippen molar-refractivity contribution in [2.45, 2.75) is 39.6 Å². The van der Waals surface area contributed by atoms with Crippen LogP contribution in [0.4, 0.5) is 5.69 Å². The monoisotopic (exact) mass is 743 g/mol. The molecule has 0 radical (unpaired) electrons. The van der Waals surface area contributed by atoms with Crippen LogP contribution in [0.5, 0.6) is 0 Å². The fourth-order valence-electron chi connectivity index (χ4n) is 6.03. The van der Waals surface area contributed by atoms with Gasteiger partial charge < -0.3 is 20.3 Å². The minimum absolute atomic E-state index is 0.175. The smallest absolute Gasteiger partial charge is 0.270 e. The number of halogens is 1. The van der Waals surface area contributed by atoms with Gasteiger partial charge in [0.15, 0.2) is 0 Å². The van der Waals surface area contributed by atoms with Crippen molar-refractivity contribution in [3.63, 3.8) is 0 Å². The number of aromatic nitrogens is 4. The number of carbonyl (C=O) groups is 2. The predicted octanol–water partition coefficient (Wildman–Crippen LogP) is 6.93. The summed E-state index contributed by atoms with van der Waals surface area (Å²) in [5, 5.41) is 15.3. The van der Waals surface area contributed by atoms with Gasteiger partial charge in [0.2, 0.25) is 5.91 Å². The van der Waals surface area contributed by atoms with Gasteiger partial charge in [-0.05, 0) is 111 Å². The number of aryl methyl sites for hydroxylation is 2. The molecule has 2 N–H and O–H groups in total. The summed E-state index contributed by atoms with van der Waals surface area (Å²) in [6.45, 7) is 5.95. The summed E-state index contributed by atoms with van der Waals surface area (Å²) in [6.07, 6.45) is 8.57. The molecular formula is C40H50ClN7O3S. The second kappa shape index (κ2) is 16.9. The first kappa shape index (κ1) is 38.8. The molecule has 2 heterocycles.